The van der Waals surface area contributed by atoms with Gasteiger partial charge in [0.25, 0.3) is 5.56 Å². The topological polar surface area (TPSA) is 96.1 Å². The van der Waals surface area contributed by atoms with Crippen LogP contribution in [0.5, 0.6) is 0 Å². The van der Waals surface area contributed by atoms with Crippen LogP contribution in [0.1, 0.15) is 44.9 Å². The fourth-order valence-corrected chi connectivity index (χ4v) is 2.35. The molecule has 0 saturated carbocycles. The lowest BCUT2D eigenvalue weighted by Gasteiger charge is -2.19. The van der Waals surface area contributed by atoms with Gasteiger partial charge in [0.05, 0.1) is 5.69 Å². The van der Waals surface area contributed by atoms with Crippen LogP contribution in [0.15, 0.2) is 4.79 Å². The van der Waals surface area contributed by atoms with Crippen LogP contribution in [0.3, 0.4) is 0 Å². The highest BCUT2D eigenvalue weighted by Gasteiger charge is 2.16. The van der Waals surface area contributed by atoms with E-state index in [1.807, 2.05) is 20.8 Å². The summed E-state index contributed by atoms with van der Waals surface area (Å²) in [6.45, 7) is 6.28. The number of ether oxygens (including phenoxy) is 1. The zero-order valence-corrected chi connectivity index (χ0v) is 13.4. The Morgan fingerprint density at radius 2 is 2.00 bits per heavy atom. The average molecular weight is 308 g/mol. The van der Waals surface area contributed by atoms with Gasteiger partial charge in [0, 0.05) is 18.7 Å². The molecule has 0 aliphatic heterocycles. The highest BCUT2D eigenvalue weighted by molar-refractivity contribution is 5.67. The highest BCUT2D eigenvalue weighted by atomic mass is 16.6. The van der Waals surface area contributed by atoms with E-state index in [0.717, 1.165) is 36.9 Å². The van der Waals surface area contributed by atoms with Crippen molar-refractivity contribution in [2.45, 2.75) is 52.1 Å². The Kier molecular flexibility index (Phi) is 5.05. The number of rotatable bonds is 4. The lowest BCUT2D eigenvalue weighted by Crippen LogP contribution is -2.35. The maximum Gasteiger partial charge on any atom is 0.407 e. The Hall–Kier alpha value is -2.05. The first kappa shape index (κ1) is 16.3. The lowest BCUT2D eigenvalue weighted by atomic mass is 9.97. The molecule has 1 heterocycles. The molecule has 1 aliphatic carbocycles. The molecular formula is C15H24N4O3. The van der Waals surface area contributed by atoms with E-state index in [9.17, 15) is 9.59 Å². The summed E-state index contributed by atoms with van der Waals surface area (Å²) in [6, 6.07) is 0. The molecule has 122 valence electrons. The van der Waals surface area contributed by atoms with Crippen LogP contribution < -0.4 is 16.2 Å². The van der Waals surface area contributed by atoms with Gasteiger partial charge in [-0.1, -0.05) is 0 Å². The summed E-state index contributed by atoms with van der Waals surface area (Å²) < 4.78 is 5.13. The number of hydrogen-bond acceptors (Lipinski definition) is 5. The Balaban J connectivity index is 1.81. The first-order chi connectivity index (χ1) is 10.3. The number of aromatic nitrogens is 2. The molecule has 0 aromatic carbocycles. The van der Waals surface area contributed by atoms with Gasteiger partial charge < -0.3 is 15.4 Å². The zero-order valence-electron chi connectivity index (χ0n) is 13.4. The number of hydrogen-bond donors (Lipinski definition) is 3. The fraction of sp³-hybridized carbons (Fsp3) is 0.667. The van der Waals surface area contributed by atoms with Crippen LogP contribution in [-0.2, 0) is 17.6 Å². The van der Waals surface area contributed by atoms with Crippen LogP contribution in [0.2, 0.25) is 0 Å². The average Bonchev–Trinajstić information content (AvgIpc) is 2.42. The number of alkyl carbamates (subject to hydrolysis) is 1. The van der Waals surface area contributed by atoms with Gasteiger partial charge in [-0.15, -0.1) is 0 Å². The van der Waals surface area contributed by atoms with E-state index in [4.69, 9.17) is 4.74 Å². The minimum absolute atomic E-state index is 0.0627. The van der Waals surface area contributed by atoms with Gasteiger partial charge in [-0.05, 0) is 46.5 Å². The molecule has 22 heavy (non-hydrogen) atoms. The molecule has 7 nitrogen and oxygen atoms in total. The maximum atomic E-state index is 12.0. The van der Waals surface area contributed by atoms with Crippen LogP contribution in [-0.4, -0.2) is 34.8 Å². The molecule has 7 heteroatoms. The second-order valence-corrected chi connectivity index (χ2v) is 6.40. The quantitative estimate of drug-likeness (QED) is 0.734. The van der Waals surface area contributed by atoms with Crippen LogP contribution in [0.4, 0.5) is 10.7 Å². The normalized spacial score (nSPS) is 14.1. The number of nitrogens with one attached hydrogen (secondary N) is 3. The summed E-state index contributed by atoms with van der Waals surface area (Å²) >= 11 is 0. The summed E-state index contributed by atoms with van der Waals surface area (Å²) in [6.07, 6.45) is 3.32. The first-order valence-electron chi connectivity index (χ1n) is 7.68. The molecule has 0 bridgehead atoms. The molecule has 0 spiro atoms. The summed E-state index contributed by atoms with van der Waals surface area (Å²) in [5.41, 5.74) is 1.12. The molecule has 0 atom stereocenters. The fourth-order valence-electron chi connectivity index (χ4n) is 2.35. The number of H-pyrrole nitrogens is 1. The zero-order chi connectivity index (χ0) is 16.2. The number of amides is 1. The van der Waals surface area contributed by atoms with Crippen molar-refractivity contribution in [3.8, 4) is 0 Å². The van der Waals surface area contributed by atoms with E-state index in [0.29, 0.717) is 19.0 Å². The summed E-state index contributed by atoms with van der Waals surface area (Å²) in [7, 11) is 0. The molecule has 0 unspecified atom stereocenters. The second kappa shape index (κ2) is 6.81. The van der Waals surface area contributed by atoms with Gasteiger partial charge in [0.2, 0.25) is 5.95 Å². The van der Waals surface area contributed by atoms with Crippen molar-refractivity contribution in [2.24, 2.45) is 0 Å². The number of anilines is 1. The van der Waals surface area contributed by atoms with E-state index in [1.54, 1.807) is 0 Å². The standard InChI is InChI=1S/C15H24N4O3/c1-15(2,3)22-14(21)17-9-8-16-13-18-11-7-5-4-6-10(11)12(20)19-13/h4-9H2,1-3H3,(H,17,21)(H2,16,18,19,20). The van der Waals surface area contributed by atoms with Gasteiger partial charge in [0.15, 0.2) is 0 Å². The minimum atomic E-state index is -0.511. The van der Waals surface area contributed by atoms with Crippen molar-refractivity contribution in [3.63, 3.8) is 0 Å². The van der Waals surface area contributed by atoms with E-state index >= 15 is 0 Å². The second-order valence-electron chi connectivity index (χ2n) is 6.40. The minimum Gasteiger partial charge on any atom is -0.444 e. The smallest absolute Gasteiger partial charge is 0.407 e. The maximum absolute atomic E-state index is 12.0. The molecule has 1 aromatic rings. The van der Waals surface area contributed by atoms with E-state index in [-0.39, 0.29) is 5.56 Å². The molecule has 0 radical (unpaired) electrons. The molecule has 1 amide bonds. The summed E-state index contributed by atoms with van der Waals surface area (Å²) in [5.74, 6) is 0.455. The first-order valence-corrected chi connectivity index (χ1v) is 7.68. The van der Waals surface area contributed by atoms with Crippen molar-refractivity contribution in [1.29, 1.82) is 0 Å². The number of carbonyl (C=O) groups excluding carboxylic acids is 1. The lowest BCUT2D eigenvalue weighted by molar-refractivity contribution is 0.0530. The Bertz CT molecular complexity index is 589. The predicted octanol–water partition coefficient (Wildman–Crippen LogP) is 1.59. The van der Waals surface area contributed by atoms with Crippen LogP contribution in [0, 0.1) is 0 Å². The third-order valence-electron chi connectivity index (χ3n) is 3.28. The third-order valence-corrected chi connectivity index (χ3v) is 3.28. The van der Waals surface area contributed by atoms with Gasteiger partial charge in [-0.25, -0.2) is 9.78 Å². The monoisotopic (exact) mass is 308 g/mol. The van der Waals surface area contributed by atoms with Gasteiger partial charge in [-0.2, -0.15) is 0 Å². The number of aryl methyl sites for hydroxylation is 1. The van der Waals surface area contributed by atoms with Crippen LogP contribution >= 0.6 is 0 Å². The van der Waals surface area contributed by atoms with Gasteiger partial charge in [-0.3, -0.25) is 9.78 Å². The Morgan fingerprint density at radius 3 is 2.73 bits per heavy atom. The predicted molar refractivity (Wildman–Crippen MR) is 84.2 cm³/mol. The van der Waals surface area contributed by atoms with Crippen molar-refractivity contribution in [3.05, 3.63) is 21.6 Å². The molecule has 3 N–H and O–H groups in total. The van der Waals surface area contributed by atoms with Crippen molar-refractivity contribution in [1.82, 2.24) is 15.3 Å². The SMILES string of the molecule is CC(C)(C)OC(=O)NCCNc1nc2c(c(=O)[nH]1)CCCC2. The number of aromatic amines is 1. The van der Waals surface area contributed by atoms with E-state index < -0.39 is 11.7 Å². The van der Waals surface area contributed by atoms with E-state index in [2.05, 4.69) is 20.6 Å². The molecule has 1 aromatic heterocycles. The molecular weight excluding hydrogens is 284 g/mol. The summed E-state index contributed by atoms with van der Waals surface area (Å²) in [4.78, 5) is 30.6. The van der Waals surface area contributed by atoms with Crippen molar-refractivity contribution >= 4 is 12.0 Å². The Labute approximate surface area is 129 Å². The third kappa shape index (κ3) is 4.75. The van der Waals surface area contributed by atoms with Gasteiger partial charge in [0.1, 0.15) is 5.60 Å². The summed E-state index contributed by atoms with van der Waals surface area (Å²) in [5, 5.41) is 5.66. The number of fused-ring (bicyclic) bond motifs is 1. The molecule has 2 rings (SSSR count). The van der Waals surface area contributed by atoms with Crippen molar-refractivity contribution in [2.75, 3.05) is 18.4 Å². The number of nitrogens with zero attached hydrogens (tertiary/aromatic N) is 1. The van der Waals surface area contributed by atoms with Gasteiger partial charge >= 0.3 is 6.09 Å². The van der Waals surface area contributed by atoms with E-state index in [1.165, 1.54) is 0 Å². The molecule has 0 fully saturated rings. The molecule has 0 saturated heterocycles. The van der Waals surface area contributed by atoms with Crippen LogP contribution in [0.25, 0.3) is 0 Å². The number of carbonyl (C=O) groups is 1. The highest BCUT2D eigenvalue weighted by Crippen LogP contribution is 2.16. The van der Waals surface area contributed by atoms with Crippen molar-refractivity contribution < 1.29 is 9.53 Å². The Morgan fingerprint density at radius 1 is 1.27 bits per heavy atom. The molecule has 1 aliphatic rings. The largest absolute Gasteiger partial charge is 0.444 e.